The molecule has 1 aromatic heterocycles. The second kappa shape index (κ2) is 8.39. The monoisotopic (exact) mass is 357 g/mol. The van der Waals surface area contributed by atoms with E-state index < -0.39 is 0 Å². The van der Waals surface area contributed by atoms with Gasteiger partial charge in [-0.05, 0) is 29.7 Å². The van der Waals surface area contributed by atoms with Crippen LogP contribution in [0.3, 0.4) is 0 Å². The number of benzene rings is 2. The van der Waals surface area contributed by atoms with Gasteiger partial charge in [0.15, 0.2) is 5.82 Å². The molecule has 1 heterocycles. The Labute approximate surface area is 150 Å². The molecule has 3 aromatic rings. The molecular formula is C18H17ClFN5. The number of halogens is 2. The molecule has 2 aromatic carbocycles. The van der Waals surface area contributed by atoms with Gasteiger partial charge < -0.3 is 10.6 Å². The number of nitrogens with zero attached hydrogens (tertiary/aromatic N) is 3. The molecule has 25 heavy (non-hydrogen) atoms. The normalized spacial score (nSPS) is 10.5. The second-order valence-electron chi connectivity index (χ2n) is 5.38. The maximum atomic E-state index is 13.6. The van der Waals surface area contributed by atoms with E-state index in [0.29, 0.717) is 41.9 Å². The van der Waals surface area contributed by atoms with Crippen molar-refractivity contribution in [3.8, 4) is 0 Å². The van der Waals surface area contributed by atoms with E-state index in [9.17, 15) is 4.39 Å². The average molecular weight is 358 g/mol. The zero-order valence-corrected chi connectivity index (χ0v) is 14.2. The van der Waals surface area contributed by atoms with Crippen molar-refractivity contribution >= 4 is 23.4 Å². The first-order valence-electron chi connectivity index (χ1n) is 7.86. The topological polar surface area (TPSA) is 62.7 Å². The standard InChI is InChI=1S/C18H17ClFN5/c19-15-7-3-1-6-14(15)11-22-18-24-17(12-23-25-18)21-10-9-13-5-2-4-8-16(13)20/h1-8,12H,9-11H2,(H2,21,22,24,25). The van der Waals surface area contributed by atoms with Crippen LogP contribution in [0.4, 0.5) is 16.2 Å². The van der Waals surface area contributed by atoms with Crippen LogP contribution < -0.4 is 10.6 Å². The van der Waals surface area contributed by atoms with Gasteiger partial charge in [-0.3, -0.25) is 0 Å². The molecule has 0 aliphatic carbocycles. The molecule has 0 bridgehead atoms. The third kappa shape index (κ3) is 4.87. The highest BCUT2D eigenvalue weighted by Gasteiger charge is 2.04. The third-order valence-corrected chi connectivity index (χ3v) is 3.98. The van der Waals surface area contributed by atoms with E-state index in [1.165, 1.54) is 12.3 Å². The molecule has 2 N–H and O–H groups in total. The third-order valence-electron chi connectivity index (χ3n) is 3.61. The van der Waals surface area contributed by atoms with E-state index in [1.807, 2.05) is 30.3 Å². The summed E-state index contributed by atoms with van der Waals surface area (Å²) in [5.74, 6) is 0.774. The van der Waals surface area contributed by atoms with Crippen molar-refractivity contribution in [2.24, 2.45) is 0 Å². The molecule has 0 atom stereocenters. The van der Waals surface area contributed by atoms with Gasteiger partial charge in [0.2, 0.25) is 5.95 Å². The maximum Gasteiger partial charge on any atom is 0.244 e. The van der Waals surface area contributed by atoms with Crippen molar-refractivity contribution in [3.05, 3.63) is 76.7 Å². The van der Waals surface area contributed by atoms with E-state index in [4.69, 9.17) is 11.6 Å². The van der Waals surface area contributed by atoms with Gasteiger partial charge >= 0.3 is 0 Å². The lowest BCUT2D eigenvalue weighted by Gasteiger charge is -2.09. The minimum absolute atomic E-state index is 0.202. The fraction of sp³-hybridized carbons (Fsp3) is 0.167. The van der Waals surface area contributed by atoms with Crippen molar-refractivity contribution in [2.75, 3.05) is 17.2 Å². The summed E-state index contributed by atoms with van der Waals surface area (Å²) in [6.07, 6.45) is 2.08. The first kappa shape index (κ1) is 17.1. The van der Waals surface area contributed by atoms with Gasteiger partial charge in [0, 0.05) is 18.1 Å². The van der Waals surface area contributed by atoms with Crippen molar-refractivity contribution in [1.82, 2.24) is 15.2 Å². The van der Waals surface area contributed by atoms with Gasteiger partial charge in [-0.25, -0.2) is 4.39 Å². The van der Waals surface area contributed by atoms with E-state index >= 15 is 0 Å². The smallest absolute Gasteiger partial charge is 0.244 e. The lowest BCUT2D eigenvalue weighted by Crippen LogP contribution is -2.10. The second-order valence-corrected chi connectivity index (χ2v) is 5.79. The molecule has 0 amide bonds. The Hall–Kier alpha value is -2.73. The van der Waals surface area contributed by atoms with Crippen LogP contribution in [0.15, 0.2) is 54.7 Å². The van der Waals surface area contributed by atoms with Crippen LogP contribution in [0.25, 0.3) is 0 Å². The molecule has 5 nitrogen and oxygen atoms in total. The summed E-state index contributed by atoms with van der Waals surface area (Å²) in [5.41, 5.74) is 1.61. The van der Waals surface area contributed by atoms with Crippen LogP contribution in [0, 0.1) is 5.82 Å². The predicted molar refractivity (Wildman–Crippen MR) is 97.2 cm³/mol. The van der Waals surface area contributed by atoms with E-state index in [2.05, 4.69) is 25.8 Å². The van der Waals surface area contributed by atoms with Crippen LogP contribution in [-0.4, -0.2) is 21.7 Å². The average Bonchev–Trinajstić information content (AvgIpc) is 2.63. The molecule has 3 rings (SSSR count). The van der Waals surface area contributed by atoms with Crippen molar-refractivity contribution in [3.63, 3.8) is 0 Å². The van der Waals surface area contributed by atoms with Gasteiger partial charge in [0.05, 0.1) is 6.20 Å². The van der Waals surface area contributed by atoms with Gasteiger partial charge in [0.1, 0.15) is 5.82 Å². The lowest BCUT2D eigenvalue weighted by atomic mass is 10.1. The summed E-state index contributed by atoms with van der Waals surface area (Å²) in [7, 11) is 0. The lowest BCUT2D eigenvalue weighted by molar-refractivity contribution is 0.610. The van der Waals surface area contributed by atoms with Crippen LogP contribution in [0.2, 0.25) is 5.02 Å². The minimum Gasteiger partial charge on any atom is -0.368 e. The Kier molecular flexibility index (Phi) is 5.74. The Bertz CT molecular complexity index is 843. The van der Waals surface area contributed by atoms with Gasteiger partial charge in [0.25, 0.3) is 0 Å². The number of hydrogen-bond acceptors (Lipinski definition) is 5. The molecule has 0 aliphatic heterocycles. The van der Waals surface area contributed by atoms with E-state index in [1.54, 1.807) is 12.1 Å². The zero-order chi connectivity index (χ0) is 17.5. The fourth-order valence-electron chi connectivity index (χ4n) is 2.31. The first-order valence-corrected chi connectivity index (χ1v) is 8.24. The number of rotatable bonds is 7. The van der Waals surface area contributed by atoms with Crippen molar-refractivity contribution in [1.29, 1.82) is 0 Å². The summed E-state index contributed by atoms with van der Waals surface area (Å²) < 4.78 is 13.6. The number of nitrogens with one attached hydrogen (secondary N) is 2. The SMILES string of the molecule is Fc1ccccc1CCNc1cnnc(NCc2ccccc2Cl)n1. The highest BCUT2D eigenvalue weighted by molar-refractivity contribution is 6.31. The largest absolute Gasteiger partial charge is 0.368 e. The molecule has 0 saturated heterocycles. The Morgan fingerprint density at radius 2 is 1.72 bits per heavy atom. The Balaban J connectivity index is 1.54. The van der Waals surface area contributed by atoms with Gasteiger partial charge in [-0.15, -0.1) is 5.10 Å². The Morgan fingerprint density at radius 3 is 2.52 bits per heavy atom. The van der Waals surface area contributed by atoms with Crippen LogP contribution >= 0.6 is 11.6 Å². The summed E-state index contributed by atoms with van der Waals surface area (Å²) in [5, 5.41) is 14.8. The van der Waals surface area contributed by atoms with E-state index in [0.717, 1.165) is 5.56 Å². The Morgan fingerprint density at radius 1 is 0.960 bits per heavy atom. The van der Waals surface area contributed by atoms with Gasteiger partial charge in [-0.2, -0.15) is 10.1 Å². The highest BCUT2D eigenvalue weighted by Crippen LogP contribution is 2.16. The van der Waals surface area contributed by atoms with Crippen molar-refractivity contribution < 1.29 is 4.39 Å². The quantitative estimate of drug-likeness (QED) is 0.670. The number of aromatic nitrogens is 3. The van der Waals surface area contributed by atoms with Gasteiger partial charge in [-0.1, -0.05) is 48.0 Å². The molecule has 0 saturated carbocycles. The summed E-state index contributed by atoms with van der Waals surface area (Å²) in [6, 6.07) is 14.3. The van der Waals surface area contributed by atoms with E-state index in [-0.39, 0.29) is 5.82 Å². The summed E-state index contributed by atoms with van der Waals surface area (Å²) >= 11 is 6.12. The minimum atomic E-state index is -0.202. The first-order chi connectivity index (χ1) is 12.2. The number of anilines is 2. The zero-order valence-electron chi connectivity index (χ0n) is 13.4. The fourth-order valence-corrected chi connectivity index (χ4v) is 2.51. The van der Waals surface area contributed by atoms with Crippen LogP contribution in [0.5, 0.6) is 0 Å². The molecule has 0 aliphatic rings. The maximum absolute atomic E-state index is 13.6. The number of hydrogen-bond donors (Lipinski definition) is 2. The molecular weight excluding hydrogens is 341 g/mol. The molecule has 7 heteroatoms. The van der Waals surface area contributed by atoms with Crippen molar-refractivity contribution in [2.45, 2.75) is 13.0 Å². The predicted octanol–water partition coefficient (Wildman–Crippen LogP) is 3.93. The highest BCUT2D eigenvalue weighted by atomic mass is 35.5. The molecule has 0 unspecified atom stereocenters. The molecule has 0 radical (unpaired) electrons. The summed E-state index contributed by atoms with van der Waals surface area (Å²) in [6.45, 7) is 1.05. The molecule has 128 valence electrons. The summed E-state index contributed by atoms with van der Waals surface area (Å²) in [4.78, 5) is 4.34. The molecule has 0 spiro atoms. The van der Waals surface area contributed by atoms with Crippen LogP contribution in [-0.2, 0) is 13.0 Å². The molecule has 0 fully saturated rings. The van der Waals surface area contributed by atoms with Crippen LogP contribution in [0.1, 0.15) is 11.1 Å².